The Morgan fingerprint density at radius 3 is 2.62 bits per heavy atom. The highest BCUT2D eigenvalue weighted by atomic mass is 35.5. The first-order chi connectivity index (χ1) is 11.5. The number of benzene rings is 2. The van der Waals surface area contributed by atoms with Gasteiger partial charge in [0.15, 0.2) is 0 Å². The summed E-state index contributed by atoms with van der Waals surface area (Å²) in [7, 11) is 0. The van der Waals surface area contributed by atoms with E-state index < -0.39 is 17.8 Å². The molecule has 0 fully saturated rings. The van der Waals surface area contributed by atoms with Gasteiger partial charge in [-0.2, -0.15) is 0 Å². The van der Waals surface area contributed by atoms with E-state index in [-0.39, 0.29) is 24.4 Å². The number of rotatable bonds is 5. The third-order valence-corrected chi connectivity index (χ3v) is 3.19. The molecule has 2 rings (SSSR count). The monoisotopic (exact) mass is 351 g/mol. The number of urea groups is 1. The lowest BCUT2D eigenvalue weighted by atomic mass is 10.1. The van der Waals surface area contributed by atoms with E-state index in [0.717, 1.165) is 12.1 Å². The molecule has 0 aliphatic carbocycles. The van der Waals surface area contributed by atoms with Gasteiger partial charge in [0.05, 0.1) is 17.9 Å². The second kappa shape index (κ2) is 8.28. The molecule has 6 nitrogen and oxygen atoms in total. The molecular weight excluding hydrogens is 337 g/mol. The van der Waals surface area contributed by atoms with Crippen molar-refractivity contribution in [3.63, 3.8) is 0 Å². The summed E-state index contributed by atoms with van der Waals surface area (Å²) in [5.74, 6) is -1.14. The average Bonchev–Trinajstić information content (AvgIpc) is 2.52. The summed E-state index contributed by atoms with van der Waals surface area (Å²) in [6.45, 7) is -0.185. The summed E-state index contributed by atoms with van der Waals surface area (Å²) in [5, 5.41) is 16.6. The molecule has 0 aliphatic rings. The van der Waals surface area contributed by atoms with Gasteiger partial charge in [0, 0.05) is 17.3 Å². The third-order valence-electron chi connectivity index (χ3n) is 2.95. The van der Waals surface area contributed by atoms with Crippen molar-refractivity contribution in [3.8, 4) is 0 Å². The average molecular weight is 352 g/mol. The van der Waals surface area contributed by atoms with Crippen LogP contribution in [-0.2, 0) is 0 Å². The number of carbonyl (C=O) groups is 2. The van der Waals surface area contributed by atoms with Crippen LogP contribution in [0.3, 0.4) is 0 Å². The molecule has 0 heterocycles. The minimum atomic E-state index is -0.654. The van der Waals surface area contributed by atoms with Crippen molar-refractivity contribution in [1.29, 1.82) is 0 Å². The van der Waals surface area contributed by atoms with E-state index in [0.29, 0.717) is 10.7 Å². The maximum absolute atomic E-state index is 13.4. The highest BCUT2D eigenvalue weighted by Crippen LogP contribution is 2.19. The van der Waals surface area contributed by atoms with E-state index in [2.05, 4.69) is 16.0 Å². The number of carbonyl (C=O) groups excluding carboxylic acids is 2. The topological polar surface area (TPSA) is 90.5 Å². The van der Waals surface area contributed by atoms with Crippen molar-refractivity contribution in [2.75, 3.05) is 23.8 Å². The molecule has 3 amide bonds. The van der Waals surface area contributed by atoms with E-state index in [4.69, 9.17) is 16.7 Å². The molecule has 126 valence electrons. The Balaban J connectivity index is 2.14. The number of anilines is 2. The van der Waals surface area contributed by atoms with Crippen LogP contribution in [-0.4, -0.2) is 30.2 Å². The lowest BCUT2D eigenvalue weighted by Crippen LogP contribution is -2.28. The molecule has 0 aromatic heterocycles. The van der Waals surface area contributed by atoms with Crippen molar-refractivity contribution in [2.24, 2.45) is 0 Å². The first-order valence-corrected chi connectivity index (χ1v) is 7.39. The molecule has 2 aromatic rings. The number of hydrogen-bond acceptors (Lipinski definition) is 3. The maximum atomic E-state index is 13.4. The van der Waals surface area contributed by atoms with Crippen LogP contribution in [0.25, 0.3) is 0 Å². The van der Waals surface area contributed by atoms with E-state index in [1.165, 1.54) is 6.07 Å². The Labute approximate surface area is 142 Å². The van der Waals surface area contributed by atoms with E-state index >= 15 is 0 Å². The predicted octanol–water partition coefficient (Wildman–Crippen LogP) is 2.85. The van der Waals surface area contributed by atoms with Crippen LogP contribution in [0.5, 0.6) is 0 Å². The van der Waals surface area contributed by atoms with Crippen LogP contribution in [0, 0.1) is 5.82 Å². The molecule has 24 heavy (non-hydrogen) atoms. The van der Waals surface area contributed by atoms with Gasteiger partial charge >= 0.3 is 6.03 Å². The molecule has 0 unspecified atom stereocenters. The molecular formula is C16H15ClFN3O3. The highest BCUT2D eigenvalue weighted by molar-refractivity contribution is 6.30. The summed E-state index contributed by atoms with van der Waals surface area (Å²) in [5.41, 5.74) is 0.527. The van der Waals surface area contributed by atoms with Gasteiger partial charge in [0.1, 0.15) is 5.82 Å². The smallest absolute Gasteiger partial charge is 0.323 e. The first kappa shape index (κ1) is 17.7. The summed E-state index contributed by atoms with van der Waals surface area (Å²) in [4.78, 5) is 24.0. The zero-order valence-electron chi connectivity index (χ0n) is 12.5. The highest BCUT2D eigenvalue weighted by Gasteiger charge is 2.14. The van der Waals surface area contributed by atoms with Gasteiger partial charge in [-0.25, -0.2) is 9.18 Å². The van der Waals surface area contributed by atoms with Crippen LogP contribution in [0.15, 0.2) is 42.5 Å². The molecule has 0 saturated heterocycles. The number of amides is 3. The standard InChI is InChI=1S/C16H15ClFN3O3/c17-10-2-1-3-12(8-10)20-16(24)21-14-9-11(18)4-5-13(14)15(23)19-6-7-22/h1-5,8-9,22H,6-7H2,(H,19,23)(H2,20,21,24). The van der Waals surface area contributed by atoms with Crippen LogP contribution in [0.4, 0.5) is 20.6 Å². The summed E-state index contributed by atoms with van der Waals surface area (Å²) in [6.07, 6.45) is 0. The largest absolute Gasteiger partial charge is 0.395 e. The molecule has 4 N–H and O–H groups in total. The van der Waals surface area contributed by atoms with E-state index in [1.54, 1.807) is 24.3 Å². The Morgan fingerprint density at radius 1 is 1.12 bits per heavy atom. The zero-order chi connectivity index (χ0) is 17.5. The first-order valence-electron chi connectivity index (χ1n) is 7.02. The fourth-order valence-electron chi connectivity index (χ4n) is 1.93. The fourth-order valence-corrected chi connectivity index (χ4v) is 2.12. The molecule has 0 radical (unpaired) electrons. The third kappa shape index (κ3) is 4.94. The second-order valence-corrected chi connectivity index (χ2v) is 5.20. The molecule has 0 atom stereocenters. The van der Waals surface area contributed by atoms with E-state index in [1.807, 2.05) is 0 Å². The van der Waals surface area contributed by atoms with Crippen molar-refractivity contribution < 1.29 is 19.1 Å². The van der Waals surface area contributed by atoms with Gasteiger partial charge in [-0.3, -0.25) is 4.79 Å². The normalized spacial score (nSPS) is 10.1. The van der Waals surface area contributed by atoms with E-state index in [9.17, 15) is 14.0 Å². The van der Waals surface area contributed by atoms with Gasteiger partial charge in [-0.1, -0.05) is 17.7 Å². The lowest BCUT2D eigenvalue weighted by Gasteiger charge is -2.12. The second-order valence-electron chi connectivity index (χ2n) is 4.76. The van der Waals surface area contributed by atoms with Crippen LogP contribution >= 0.6 is 11.6 Å². The Bertz CT molecular complexity index is 755. The van der Waals surface area contributed by atoms with Gasteiger partial charge in [-0.05, 0) is 36.4 Å². The fraction of sp³-hybridized carbons (Fsp3) is 0.125. The maximum Gasteiger partial charge on any atom is 0.323 e. The quantitative estimate of drug-likeness (QED) is 0.667. The zero-order valence-corrected chi connectivity index (χ0v) is 13.2. The Kier molecular flexibility index (Phi) is 6.11. The molecule has 0 bridgehead atoms. The van der Waals surface area contributed by atoms with Crippen LogP contribution < -0.4 is 16.0 Å². The lowest BCUT2D eigenvalue weighted by molar-refractivity contribution is 0.0945. The number of hydrogen-bond donors (Lipinski definition) is 4. The Morgan fingerprint density at radius 2 is 1.92 bits per heavy atom. The predicted molar refractivity (Wildman–Crippen MR) is 89.9 cm³/mol. The number of halogens is 2. The van der Waals surface area contributed by atoms with Crippen molar-refractivity contribution in [1.82, 2.24) is 5.32 Å². The van der Waals surface area contributed by atoms with Crippen molar-refractivity contribution in [2.45, 2.75) is 0 Å². The number of aliphatic hydroxyl groups is 1. The van der Waals surface area contributed by atoms with Crippen molar-refractivity contribution >= 4 is 34.9 Å². The van der Waals surface area contributed by atoms with Gasteiger partial charge in [0.2, 0.25) is 0 Å². The number of aliphatic hydroxyl groups excluding tert-OH is 1. The number of nitrogens with one attached hydrogen (secondary N) is 3. The van der Waals surface area contributed by atoms with Crippen molar-refractivity contribution in [3.05, 3.63) is 58.9 Å². The molecule has 0 aliphatic heterocycles. The van der Waals surface area contributed by atoms with Gasteiger partial charge in [0.25, 0.3) is 5.91 Å². The molecule has 8 heteroatoms. The van der Waals surface area contributed by atoms with Crippen LogP contribution in [0.1, 0.15) is 10.4 Å². The Hall–Kier alpha value is -2.64. The van der Waals surface area contributed by atoms with Gasteiger partial charge < -0.3 is 21.1 Å². The summed E-state index contributed by atoms with van der Waals surface area (Å²) in [6, 6.07) is 9.22. The molecule has 0 spiro atoms. The molecule has 0 saturated carbocycles. The minimum absolute atomic E-state index is 0.00460. The minimum Gasteiger partial charge on any atom is -0.395 e. The van der Waals surface area contributed by atoms with Crippen LogP contribution in [0.2, 0.25) is 5.02 Å². The summed E-state index contributed by atoms with van der Waals surface area (Å²) < 4.78 is 13.4. The van der Waals surface area contributed by atoms with Gasteiger partial charge in [-0.15, -0.1) is 0 Å². The summed E-state index contributed by atoms with van der Waals surface area (Å²) >= 11 is 5.83. The molecule has 2 aromatic carbocycles. The SMILES string of the molecule is O=C(Nc1cccc(Cl)c1)Nc1cc(F)ccc1C(=O)NCCO.